The van der Waals surface area contributed by atoms with Crippen molar-refractivity contribution < 1.29 is 13.9 Å². The summed E-state index contributed by atoms with van der Waals surface area (Å²) < 4.78 is 19.0. The molecule has 3 atom stereocenters. The Kier molecular flexibility index (Phi) is 6.25. The van der Waals surface area contributed by atoms with Gasteiger partial charge in [-0.2, -0.15) is 0 Å². The highest BCUT2D eigenvalue weighted by molar-refractivity contribution is 5.85. The third-order valence-corrected chi connectivity index (χ3v) is 4.56. The zero-order valence-electron chi connectivity index (χ0n) is 13.3. The minimum Gasteiger partial charge on any atom is -0.493 e. The van der Waals surface area contributed by atoms with Gasteiger partial charge in [-0.15, -0.1) is 12.4 Å². The van der Waals surface area contributed by atoms with E-state index in [1.807, 2.05) is 0 Å². The molecule has 6 heteroatoms. The summed E-state index contributed by atoms with van der Waals surface area (Å²) in [6.07, 6.45) is 3.41. The number of carbonyl (C=O) groups excluding carboxylic acids is 1. The number of rotatable bonds is 2. The molecule has 23 heavy (non-hydrogen) atoms. The molecule has 1 fully saturated rings. The minimum atomic E-state index is -0.307. The van der Waals surface area contributed by atoms with Crippen molar-refractivity contribution in [2.45, 2.75) is 44.7 Å². The molecule has 1 aromatic carbocycles. The molecule has 0 radical (unpaired) electrons. The molecule has 2 aliphatic rings. The Bertz CT molecular complexity index is 555. The summed E-state index contributed by atoms with van der Waals surface area (Å²) in [7, 11) is 0. The highest BCUT2D eigenvalue weighted by Crippen LogP contribution is 2.32. The first-order valence-electron chi connectivity index (χ1n) is 8.09. The standard InChI is InChI=1S/C17H23FN2O2.ClH/c1-11-9-12(6-7-19-11)17(21)20-15-3-2-8-22-16-10-13(18)4-5-14(15)16;/h4-5,10-12,15,19H,2-3,6-9H2,1H3,(H,20,21);1H/t11-,12-,15?;/m0./s1. The fourth-order valence-corrected chi connectivity index (χ4v) is 3.36. The van der Waals surface area contributed by atoms with E-state index < -0.39 is 0 Å². The average Bonchev–Trinajstić information content (AvgIpc) is 2.69. The largest absolute Gasteiger partial charge is 0.493 e. The van der Waals surface area contributed by atoms with Crippen LogP contribution >= 0.6 is 12.4 Å². The maximum atomic E-state index is 13.4. The lowest BCUT2D eigenvalue weighted by Gasteiger charge is -2.29. The summed E-state index contributed by atoms with van der Waals surface area (Å²) in [5, 5.41) is 6.52. The van der Waals surface area contributed by atoms with Crippen molar-refractivity contribution in [1.29, 1.82) is 0 Å². The molecule has 1 saturated heterocycles. The number of amides is 1. The third-order valence-electron chi connectivity index (χ3n) is 4.56. The number of fused-ring (bicyclic) bond motifs is 1. The third kappa shape index (κ3) is 4.36. The van der Waals surface area contributed by atoms with Crippen molar-refractivity contribution in [1.82, 2.24) is 10.6 Å². The number of carbonyl (C=O) groups is 1. The van der Waals surface area contributed by atoms with Gasteiger partial charge in [0.05, 0.1) is 12.6 Å². The predicted octanol–water partition coefficient (Wildman–Crippen LogP) is 2.97. The lowest BCUT2D eigenvalue weighted by Crippen LogP contribution is -2.43. The van der Waals surface area contributed by atoms with E-state index in [-0.39, 0.29) is 36.1 Å². The van der Waals surface area contributed by atoms with Crippen molar-refractivity contribution in [2.24, 2.45) is 5.92 Å². The molecule has 2 aliphatic heterocycles. The normalized spacial score (nSPS) is 27.0. The minimum absolute atomic E-state index is 0. The lowest BCUT2D eigenvalue weighted by atomic mass is 9.91. The Balaban J connectivity index is 0.00000192. The topological polar surface area (TPSA) is 50.4 Å². The van der Waals surface area contributed by atoms with Crippen LogP contribution in [0.4, 0.5) is 4.39 Å². The van der Waals surface area contributed by atoms with Gasteiger partial charge in [0.2, 0.25) is 5.91 Å². The Hall–Kier alpha value is -1.33. The number of benzene rings is 1. The molecule has 0 aromatic heterocycles. The van der Waals surface area contributed by atoms with Gasteiger partial charge in [0.15, 0.2) is 0 Å². The summed E-state index contributed by atoms with van der Waals surface area (Å²) in [6.45, 7) is 3.55. The van der Waals surface area contributed by atoms with Gasteiger partial charge in [-0.05, 0) is 45.2 Å². The van der Waals surface area contributed by atoms with E-state index in [4.69, 9.17) is 4.74 Å². The molecule has 0 bridgehead atoms. The van der Waals surface area contributed by atoms with Crippen LogP contribution in [0.1, 0.15) is 44.2 Å². The monoisotopic (exact) mass is 342 g/mol. The SMILES string of the molecule is C[C@H]1C[C@@H](C(=O)NC2CCCOc3cc(F)ccc32)CCN1.Cl. The van der Waals surface area contributed by atoms with Gasteiger partial charge >= 0.3 is 0 Å². The summed E-state index contributed by atoms with van der Waals surface area (Å²) in [4.78, 5) is 12.5. The van der Waals surface area contributed by atoms with E-state index >= 15 is 0 Å². The number of nitrogens with one attached hydrogen (secondary N) is 2. The molecule has 4 nitrogen and oxygen atoms in total. The van der Waals surface area contributed by atoms with Crippen LogP contribution in [0.3, 0.4) is 0 Å². The number of hydrogen-bond donors (Lipinski definition) is 2. The van der Waals surface area contributed by atoms with E-state index in [9.17, 15) is 9.18 Å². The number of halogens is 2. The summed E-state index contributed by atoms with van der Waals surface area (Å²) in [5.74, 6) is 0.416. The van der Waals surface area contributed by atoms with Crippen molar-refractivity contribution in [3.8, 4) is 5.75 Å². The molecule has 0 aliphatic carbocycles. The lowest BCUT2D eigenvalue weighted by molar-refractivity contribution is -0.126. The zero-order chi connectivity index (χ0) is 15.5. The van der Waals surface area contributed by atoms with Crippen LogP contribution < -0.4 is 15.4 Å². The Morgan fingerprint density at radius 3 is 3.00 bits per heavy atom. The van der Waals surface area contributed by atoms with Crippen LogP contribution in [0.25, 0.3) is 0 Å². The number of ether oxygens (including phenoxy) is 1. The van der Waals surface area contributed by atoms with Gasteiger partial charge in [0.25, 0.3) is 0 Å². The van der Waals surface area contributed by atoms with Gasteiger partial charge < -0.3 is 15.4 Å². The first-order valence-corrected chi connectivity index (χ1v) is 8.09. The second kappa shape index (κ2) is 7.97. The molecule has 1 aromatic rings. The molecule has 2 N–H and O–H groups in total. The van der Waals surface area contributed by atoms with Gasteiger partial charge in [-0.1, -0.05) is 6.07 Å². The van der Waals surface area contributed by atoms with Crippen LogP contribution in [-0.2, 0) is 4.79 Å². The van der Waals surface area contributed by atoms with E-state index in [0.717, 1.165) is 37.8 Å². The van der Waals surface area contributed by atoms with Crippen LogP contribution in [0.5, 0.6) is 5.75 Å². The number of piperidine rings is 1. The highest BCUT2D eigenvalue weighted by Gasteiger charge is 2.28. The van der Waals surface area contributed by atoms with E-state index in [1.165, 1.54) is 12.1 Å². The molecule has 1 amide bonds. The highest BCUT2D eigenvalue weighted by atomic mass is 35.5. The van der Waals surface area contributed by atoms with Gasteiger partial charge in [0.1, 0.15) is 11.6 Å². The molecule has 3 rings (SSSR count). The predicted molar refractivity (Wildman–Crippen MR) is 89.4 cm³/mol. The smallest absolute Gasteiger partial charge is 0.223 e. The van der Waals surface area contributed by atoms with Crippen LogP contribution in [0, 0.1) is 11.7 Å². The van der Waals surface area contributed by atoms with Crippen molar-refractivity contribution in [3.05, 3.63) is 29.6 Å². The summed E-state index contributed by atoms with van der Waals surface area (Å²) in [6, 6.07) is 4.86. The Morgan fingerprint density at radius 2 is 2.22 bits per heavy atom. The maximum Gasteiger partial charge on any atom is 0.223 e. The van der Waals surface area contributed by atoms with Crippen molar-refractivity contribution >= 4 is 18.3 Å². The summed E-state index contributed by atoms with van der Waals surface area (Å²) >= 11 is 0. The van der Waals surface area contributed by atoms with Gasteiger partial charge in [0, 0.05) is 23.6 Å². The van der Waals surface area contributed by atoms with Gasteiger partial charge in [-0.3, -0.25) is 4.79 Å². The molecule has 1 unspecified atom stereocenters. The van der Waals surface area contributed by atoms with Crippen LogP contribution in [0.2, 0.25) is 0 Å². The second-order valence-electron chi connectivity index (χ2n) is 6.31. The first-order chi connectivity index (χ1) is 10.6. The second-order valence-corrected chi connectivity index (χ2v) is 6.31. The Labute approximate surface area is 142 Å². The van der Waals surface area contributed by atoms with Crippen LogP contribution in [-0.4, -0.2) is 25.1 Å². The number of hydrogen-bond acceptors (Lipinski definition) is 3. The average molecular weight is 343 g/mol. The molecular weight excluding hydrogens is 319 g/mol. The van der Waals surface area contributed by atoms with Crippen LogP contribution in [0.15, 0.2) is 18.2 Å². The summed E-state index contributed by atoms with van der Waals surface area (Å²) in [5.41, 5.74) is 0.884. The van der Waals surface area contributed by atoms with E-state index in [2.05, 4.69) is 17.6 Å². The zero-order valence-corrected chi connectivity index (χ0v) is 14.1. The van der Waals surface area contributed by atoms with E-state index in [1.54, 1.807) is 6.07 Å². The van der Waals surface area contributed by atoms with Crippen molar-refractivity contribution in [3.63, 3.8) is 0 Å². The quantitative estimate of drug-likeness (QED) is 0.868. The fraction of sp³-hybridized carbons (Fsp3) is 0.588. The van der Waals surface area contributed by atoms with Gasteiger partial charge in [-0.25, -0.2) is 4.39 Å². The molecule has 0 saturated carbocycles. The van der Waals surface area contributed by atoms with E-state index in [0.29, 0.717) is 18.4 Å². The fourth-order valence-electron chi connectivity index (χ4n) is 3.36. The molecule has 0 spiro atoms. The molecular formula is C17H24ClFN2O2. The molecule has 128 valence electrons. The van der Waals surface area contributed by atoms with Crippen molar-refractivity contribution in [2.75, 3.05) is 13.2 Å². The molecule has 2 heterocycles. The Morgan fingerprint density at radius 1 is 1.39 bits per heavy atom. The first kappa shape index (κ1) is 18.0. The maximum absolute atomic E-state index is 13.4.